The average molecular weight is 433 g/mol. The van der Waals surface area contributed by atoms with Crippen molar-refractivity contribution in [3.8, 4) is 0 Å². The molecule has 0 heterocycles. The molecule has 1 atom stereocenters. The summed E-state index contributed by atoms with van der Waals surface area (Å²) in [5.74, 6) is -0.0527. The van der Waals surface area contributed by atoms with Crippen LogP contribution in [0.25, 0.3) is 10.8 Å². The Morgan fingerprint density at radius 1 is 1.03 bits per heavy atom. The number of benzene rings is 2. The van der Waals surface area contributed by atoms with E-state index in [0.29, 0.717) is 32.0 Å². The standard InChI is InChI=1S/C23H32N4O2.ClH/c24-16-21(19-13-12-17-7-4-5-8-18(17)15-19)27-22(28)11-6-14-25-23(29)26-20-9-2-1-3-10-20;/h4-5,7-8,12-13,15,20-21H,1-3,6,9-11,14,16,24H2,(H,27,28)(H2,25,26,29);1H. The van der Waals surface area contributed by atoms with E-state index < -0.39 is 0 Å². The van der Waals surface area contributed by atoms with Crippen molar-refractivity contribution in [2.75, 3.05) is 13.1 Å². The fourth-order valence-electron chi connectivity index (χ4n) is 3.90. The van der Waals surface area contributed by atoms with Crippen LogP contribution < -0.4 is 21.7 Å². The molecule has 1 aliphatic carbocycles. The lowest BCUT2D eigenvalue weighted by Crippen LogP contribution is -2.43. The summed E-state index contributed by atoms with van der Waals surface area (Å²) in [5, 5.41) is 11.2. The summed E-state index contributed by atoms with van der Waals surface area (Å²) in [6, 6.07) is 14.2. The second kappa shape index (κ2) is 12.4. The molecule has 2 aromatic rings. The van der Waals surface area contributed by atoms with Crippen LogP contribution in [-0.4, -0.2) is 31.1 Å². The number of rotatable bonds is 8. The fraction of sp³-hybridized carbons (Fsp3) is 0.478. The van der Waals surface area contributed by atoms with Crippen LogP contribution in [-0.2, 0) is 4.79 Å². The van der Waals surface area contributed by atoms with E-state index in [4.69, 9.17) is 5.73 Å². The number of carbonyl (C=O) groups is 2. The van der Waals surface area contributed by atoms with Gasteiger partial charge in [-0.25, -0.2) is 4.79 Å². The molecule has 0 spiro atoms. The number of nitrogens with two attached hydrogens (primary N) is 1. The van der Waals surface area contributed by atoms with Crippen LogP contribution in [0.3, 0.4) is 0 Å². The highest BCUT2D eigenvalue weighted by atomic mass is 35.5. The quantitative estimate of drug-likeness (QED) is 0.478. The molecule has 1 saturated carbocycles. The van der Waals surface area contributed by atoms with Crippen molar-refractivity contribution in [2.24, 2.45) is 5.73 Å². The van der Waals surface area contributed by atoms with Crippen molar-refractivity contribution in [3.05, 3.63) is 48.0 Å². The molecule has 0 bridgehead atoms. The zero-order valence-electron chi connectivity index (χ0n) is 17.4. The van der Waals surface area contributed by atoms with Crippen molar-refractivity contribution in [1.82, 2.24) is 16.0 Å². The molecular weight excluding hydrogens is 400 g/mol. The van der Waals surface area contributed by atoms with E-state index in [9.17, 15) is 9.59 Å². The first-order chi connectivity index (χ1) is 14.2. The van der Waals surface area contributed by atoms with E-state index in [1.54, 1.807) is 0 Å². The number of fused-ring (bicyclic) bond motifs is 1. The third-order valence-corrected chi connectivity index (χ3v) is 5.55. The lowest BCUT2D eigenvalue weighted by Gasteiger charge is -2.22. The minimum absolute atomic E-state index is 0. The van der Waals surface area contributed by atoms with Crippen LogP contribution in [0.15, 0.2) is 42.5 Å². The molecular formula is C23H33ClN4O2. The minimum Gasteiger partial charge on any atom is -0.348 e. The van der Waals surface area contributed by atoms with E-state index in [-0.39, 0.29) is 30.4 Å². The molecule has 3 amide bonds. The normalized spacial score (nSPS) is 15.1. The predicted octanol–water partition coefficient (Wildman–Crippen LogP) is 3.79. The highest BCUT2D eigenvalue weighted by Crippen LogP contribution is 2.20. The van der Waals surface area contributed by atoms with Crippen LogP contribution in [0.5, 0.6) is 0 Å². The second-order valence-corrected chi connectivity index (χ2v) is 7.80. The topological polar surface area (TPSA) is 96.2 Å². The third-order valence-electron chi connectivity index (χ3n) is 5.55. The number of urea groups is 1. The Hall–Kier alpha value is -2.31. The Kier molecular flexibility index (Phi) is 9.91. The van der Waals surface area contributed by atoms with E-state index in [1.165, 1.54) is 19.3 Å². The van der Waals surface area contributed by atoms with Crippen molar-refractivity contribution < 1.29 is 9.59 Å². The van der Waals surface area contributed by atoms with Crippen molar-refractivity contribution >= 4 is 35.1 Å². The van der Waals surface area contributed by atoms with Gasteiger partial charge < -0.3 is 21.7 Å². The van der Waals surface area contributed by atoms with Gasteiger partial charge in [-0.05, 0) is 41.7 Å². The first kappa shape index (κ1) is 24.0. The first-order valence-electron chi connectivity index (χ1n) is 10.7. The van der Waals surface area contributed by atoms with Gasteiger partial charge in [0.05, 0.1) is 6.04 Å². The van der Waals surface area contributed by atoms with Gasteiger partial charge >= 0.3 is 6.03 Å². The molecule has 0 aromatic heterocycles. The highest BCUT2D eigenvalue weighted by Gasteiger charge is 2.16. The molecule has 1 aliphatic rings. The number of nitrogens with one attached hydrogen (secondary N) is 3. The Balaban J connectivity index is 0.00000320. The molecule has 6 nitrogen and oxygen atoms in total. The summed E-state index contributed by atoms with van der Waals surface area (Å²) in [6.45, 7) is 0.821. The fourth-order valence-corrected chi connectivity index (χ4v) is 3.90. The molecule has 30 heavy (non-hydrogen) atoms. The van der Waals surface area contributed by atoms with Crippen LogP contribution >= 0.6 is 12.4 Å². The van der Waals surface area contributed by atoms with Gasteiger partial charge in [-0.2, -0.15) is 0 Å². The summed E-state index contributed by atoms with van der Waals surface area (Å²) < 4.78 is 0. The molecule has 2 aromatic carbocycles. The zero-order valence-corrected chi connectivity index (χ0v) is 18.2. The maximum absolute atomic E-state index is 12.3. The van der Waals surface area contributed by atoms with Crippen molar-refractivity contribution in [2.45, 2.75) is 57.0 Å². The van der Waals surface area contributed by atoms with Gasteiger partial charge in [0.1, 0.15) is 0 Å². The Morgan fingerprint density at radius 3 is 2.50 bits per heavy atom. The van der Waals surface area contributed by atoms with Gasteiger partial charge in [0.25, 0.3) is 0 Å². The molecule has 0 aliphatic heterocycles. The lowest BCUT2D eigenvalue weighted by molar-refractivity contribution is -0.121. The summed E-state index contributed by atoms with van der Waals surface area (Å²) in [4.78, 5) is 24.2. The van der Waals surface area contributed by atoms with Gasteiger partial charge in [0.15, 0.2) is 0 Å². The molecule has 1 fully saturated rings. The van der Waals surface area contributed by atoms with E-state index >= 15 is 0 Å². The van der Waals surface area contributed by atoms with Gasteiger partial charge in [-0.3, -0.25) is 4.79 Å². The van der Waals surface area contributed by atoms with Crippen molar-refractivity contribution in [3.63, 3.8) is 0 Å². The molecule has 5 N–H and O–H groups in total. The molecule has 7 heteroatoms. The molecule has 0 saturated heterocycles. The van der Waals surface area contributed by atoms with E-state index in [1.807, 2.05) is 24.3 Å². The van der Waals surface area contributed by atoms with Gasteiger partial charge in [-0.1, -0.05) is 55.7 Å². The smallest absolute Gasteiger partial charge is 0.315 e. The zero-order chi connectivity index (χ0) is 20.5. The molecule has 1 unspecified atom stereocenters. The maximum Gasteiger partial charge on any atom is 0.315 e. The summed E-state index contributed by atoms with van der Waals surface area (Å²) >= 11 is 0. The Bertz CT molecular complexity index is 824. The second-order valence-electron chi connectivity index (χ2n) is 7.80. The number of halogens is 1. The van der Waals surface area contributed by atoms with Gasteiger partial charge in [0, 0.05) is 25.6 Å². The largest absolute Gasteiger partial charge is 0.348 e. The average Bonchev–Trinajstić information content (AvgIpc) is 2.75. The highest BCUT2D eigenvalue weighted by molar-refractivity contribution is 5.85. The van der Waals surface area contributed by atoms with Gasteiger partial charge in [-0.15, -0.1) is 12.4 Å². The number of amides is 3. The third kappa shape index (κ3) is 7.18. The van der Waals surface area contributed by atoms with Crippen LogP contribution in [0.2, 0.25) is 0 Å². The minimum atomic E-state index is -0.213. The molecule has 3 rings (SSSR count). The number of carbonyl (C=O) groups excluding carboxylic acids is 2. The number of hydrogen-bond donors (Lipinski definition) is 4. The maximum atomic E-state index is 12.3. The van der Waals surface area contributed by atoms with Crippen LogP contribution in [0.4, 0.5) is 4.79 Å². The lowest BCUT2D eigenvalue weighted by atomic mass is 9.96. The Labute approximate surface area is 184 Å². The summed E-state index contributed by atoms with van der Waals surface area (Å²) in [7, 11) is 0. The van der Waals surface area contributed by atoms with Crippen LogP contribution in [0, 0.1) is 0 Å². The summed E-state index contributed by atoms with van der Waals surface area (Å²) in [5.41, 5.74) is 6.90. The summed E-state index contributed by atoms with van der Waals surface area (Å²) in [6.07, 6.45) is 6.70. The predicted molar refractivity (Wildman–Crippen MR) is 124 cm³/mol. The monoisotopic (exact) mass is 432 g/mol. The SMILES string of the molecule is Cl.NCC(NC(=O)CCCNC(=O)NC1CCCCC1)c1ccc2ccccc2c1. The van der Waals surface area contributed by atoms with E-state index in [0.717, 1.165) is 29.2 Å². The Morgan fingerprint density at radius 2 is 1.77 bits per heavy atom. The van der Waals surface area contributed by atoms with Gasteiger partial charge in [0.2, 0.25) is 5.91 Å². The van der Waals surface area contributed by atoms with Crippen LogP contribution in [0.1, 0.15) is 56.6 Å². The first-order valence-corrected chi connectivity index (χ1v) is 10.7. The van der Waals surface area contributed by atoms with E-state index in [2.05, 4.69) is 34.1 Å². The van der Waals surface area contributed by atoms with Crippen molar-refractivity contribution in [1.29, 1.82) is 0 Å². The molecule has 164 valence electrons. The molecule has 0 radical (unpaired) electrons. The number of hydrogen-bond acceptors (Lipinski definition) is 3.